The van der Waals surface area contributed by atoms with Gasteiger partial charge in [0.05, 0.1) is 17.6 Å². The fourth-order valence-corrected chi connectivity index (χ4v) is 1.50. The number of aliphatic hydroxyl groups is 1. The molecule has 1 aromatic heterocycles. The molecule has 0 spiro atoms. The summed E-state index contributed by atoms with van der Waals surface area (Å²) in [5.74, 6) is 0. The summed E-state index contributed by atoms with van der Waals surface area (Å²) in [6, 6.07) is 5.72. The lowest BCUT2D eigenvalue weighted by Gasteiger charge is -2.02. The van der Waals surface area contributed by atoms with E-state index in [0.29, 0.717) is 13.1 Å². The van der Waals surface area contributed by atoms with E-state index < -0.39 is 0 Å². The van der Waals surface area contributed by atoms with Gasteiger partial charge in [0.25, 0.3) is 0 Å². The van der Waals surface area contributed by atoms with Crippen LogP contribution in [0.4, 0.5) is 0 Å². The van der Waals surface area contributed by atoms with Crippen LogP contribution in [0, 0.1) is 0 Å². The van der Waals surface area contributed by atoms with Crippen molar-refractivity contribution >= 4 is 11.0 Å². The maximum atomic E-state index is 11.0. The Labute approximate surface area is 86.1 Å². The number of H-pyrrole nitrogens is 2. The Morgan fingerprint density at radius 2 is 2.07 bits per heavy atom. The Morgan fingerprint density at radius 3 is 2.87 bits per heavy atom. The number of fused-ring (bicyclic) bond motifs is 1. The summed E-state index contributed by atoms with van der Waals surface area (Å²) in [4.78, 5) is 16.4. The molecule has 2 rings (SSSR count). The first-order valence-corrected chi connectivity index (χ1v) is 4.82. The molecule has 0 unspecified atom stereocenters. The van der Waals surface area contributed by atoms with Crippen molar-refractivity contribution in [2.24, 2.45) is 0 Å². The van der Waals surface area contributed by atoms with Gasteiger partial charge in [0.15, 0.2) is 0 Å². The number of nitrogens with one attached hydrogen (secondary N) is 3. The van der Waals surface area contributed by atoms with Crippen LogP contribution in [0.3, 0.4) is 0 Å². The smallest absolute Gasteiger partial charge is 0.323 e. The van der Waals surface area contributed by atoms with Gasteiger partial charge in [-0.05, 0) is 17.7 Å². The lowest BCUT2D eigenvalue weighted by Crippen LogP contribution is -2.17. The quantitative estimate of drug-likeness (QED) is 0.530. The van der Waals surface area contributed by atoms with Crippen LogP contribution in [0.5, 0.6) is 0 Å². The van der Waals surface area contributed by atoms with Gasteiger partial charge < -0.3 is 20.4 Å². The molecule has 0 radical (unpaired) electrons. The van der Waals surface area contributed by atoms with Crippen molar-refractivity contribution in [3.8, 4) is 0 Å². The summed E-state index contributed by atoms with van der Waals surface area (Å²) in [6.07, 6.45) is 0. The van der Waals surface area contributed by atoms with Crippen molar-refractivity contribution < 1.29 is 5.11 Å². The van der Waals surface area contributed by atoms with Crippen LogP contribution < -0.4 is 11.0 Å². The van der Waals surface area contributed by atoms with Crippen molar-refractivity contribution in [1.29, 1.82) is 0 Å². The van der Waals surface area contributed by atoms with Crippen molar-refractivity contribution in [3.05, 3.63) is 34.2 Å². The maximum Gasteiger partial charge on any atom is 0.323 e. The van der Waals surface area contributed by atoms with E-state index in [2.05, 4.69) is 15.3 Å². The monoisotopic (exact) mass is 207 g/mol. The van der Waals surface area contributed by atoms with Gasteiger partial charge >= 0.3 is 5.69 Å². The van der Waals surface area contributed by atoms with Crippen molar-refractivity contribution in [3.63, 3.8) is 0 Å². The Bertz CT molecular complexity index is 501. The molecule has 0 saturated carbocycles. The van der Waals surface area contributed by atoms with Crippen LogP contribution in [0.1, 0.15) is 5.56 Å². The van der Waals surface area contributed by atoms with Gasteiger partial charge in [-0.3, -0.25) is 0 Å². The van der Waals surface area contributed by atoms with Gasteiger partial charge in [-0.2, -0.15) is 0 Å². The Kier molecular flexibility index (Phi) is 2.84. The molecule has 0 saturated heterocycles. The largest absolute Gasteiger partial charge is 0.395 e. The minimum absolute atomic E-state index is 0.128. The second kappa shape index (κ2) is 4.29. The number of hydrogen-bond acceptors (Lipinski definition) is 3. The lowest BCUT2D eigenvalue weighted by atomic mass is 10.2. The zero-order chi connectivity index (χ0) is 10.7. The van der Waals surface area contributed by atoms with Gasteiger partial charge in [-0.25, -0.2) is 4.79 Å². The molecule has 1 aromatic carbocycles. The van der Waals surface area contributed by atoms with Crippen LogP contribution >= 0.6 is 0 Å². The second-order valence-electron chi connectivity index (χ2n) is 3.36. The highest BCUT2D eigenvalue weighted by atomic mass is 16.3. The molecule has 0 aliphatic heterocycles. The summed E-state index contributed by atoms with van der Waals surface area (Å²) in [5, 5.41) is 11.7. The maximum absolute atomic E-state index is 11.0. The van der Waals surface area contributed by atoms with E-state index >= 15 is 0 Å². The number of aromatic nitrogens is 2. The molecule has 0 fully saturated rings. The molecule has 1 heterocycles. The third kappa shape index (κ3) is 2.26. The molecule has 0 atom stereocenters. The minimum Gasteiger partial charge on any atom is -0.395 e. The predicted octanol–water partition coefficient (Wildman–Crippen LogP) is -0.0619. The highest BCUT2D eigenvalue weighted by Gasteiger charge is 1.99. The molecule has 5 nitrogen and oxygen atoms in total. The van der Waals surface area contributed by atoms with E-state index in [-0.39, 0.29) is 12.3 Å². The first-order valence-electron chi connectivity index (χ1n) is 4.82. The molecule has 0 amide bonds. The average molecular weight is 207 g/mol. The van der Waals surface area contributed by atoms with Gasteiger partial charge in [0, 0.05) is 13.1 Å². The summed E-state index contributed by atoms with van der Waals surface area (Å²) in [6.45, 7) is 1.38. The Morgan fingerprint density at radius 1 is 1.27 bits per heavy atom. The van der Waals surface area contributed by atoms with Crippen molar-refractivity contribution in [1.82, 2.24) is 15.3 Å². The molecule has 0 aliphatic carbocycles. The zero-order valence-corrected chi connectivity index (χ0v) is 8.21. The number of hydrogen-bond donors (Lipinski definition) is 4. The topological polar surface area (TPSA) is 80.9 Å². The molecule has 4 N–H and O–H groups in total. The molecule has 80 valence electrons. The second-order valence-corrected chi connectivity index (χ2v) is 3.36. The van der Waals surface area contributed by atoms with Crippen LogP contribution in [-0.2, 0) is 6.54 Å². The van der Waals surface area contributed by atoms with E-state index in [1.54, 1.807) is 0 Å². The fourth-order valence-electron chi connectivity index (χ4n) is 1.50. The van der Waals surface area contributed by atoms with Crippen molar-refractivity contribution in [2.45, 2.75) is 6.54 Å². The average Bonchev–Trinajstić information content (AvgIpc) is 2.57. The summed E-state index contributed by atoms with van der Waals surface area (Å²) in [7, 11) is 0. The summed E-state index contributed by atoms with van der Waals surface area (Å²) in [5.41, 5.74) is 2.51. The van der Waals surface area contributed by atoms with Crippen LogP contribution in [0.25, 0.3) is 11.0 Å². The van der Waals surface area contributed by atoms with E-state index in [0.717, 1.165) is 16.6 Å². The van der Waals surface area contributed by atoms with E-state index in [1.807, 2.05) is 18.2 Å². The fraction of sp³-hybridized carbons (Fsp3) is 0.300. The number of aliphatic hydroxyl groups excluding tert-OH is 1. The number of benzene rings is 1. The zero-order valence-electron chi connectivity index (χ0n) is 8.21. The SMILES string of the molecule is O=c1[nH]c2ccc(CNCCO)cc2[nH]1. The molecule has 5 heteroatoms. The minimum atomic E-state index is -0.189. The normalized spacial score (nSPS) is 11.0. The van der Waals surface area contributed by atoms with Crippen LogP contribution in [-0.4, -0.2) is 28.2 Å². The third-order valence-electron chi connectivity index (χ3n) is 2.20. The standard InChI is InChI=1S/C10H13N3O2/c14-4-3-11-6-7-1-2-8-9(5-7)13-10(15)12-8/h1-2,5,11,14H,3-4,6H2,(H2,12,13,15). The first-order chi connectivity index (χ1) is 7.29. The summed E-state index contributed by atoms with van der Waals surface area (Å²) >= 11 is 0. The molecule has 0 bridgehead atoms. The predicted molar refractivity (Wildman–Crippen MR) is 57.7 cm³/mol. The van der Waals surface area contributed by atoms with E-state index in [1.165, 1.54) is 0 Å². The van der Waals surface area contributed by atoms with E-state index in [4.69, 9.17) is 5.11 Å². The Balaban J connectivity index is 2.19. The molecule has 15 heavy (non-hydrogen) atoms. The lowest BCUT2D eigenvalue weighted by molar-refractivity contribution is 0.292. The van der Waals surface area contributed by atoms with Crippen molar-refractivity contribution in [2.75, 3.05) is 13.2 Å². The Hall–Kier alpha value is -1.59. The highest BCUT2D eigenvalue weighted by molar-refractivity contribution is 5.74. The molecule has 0 aliphatic rings. The van der Waals surface area contributed by atoms with E-state index in [9.17, 15) is 4.79 Å². The number of aromatic amines is 2. The first kappa shape index (κ1) is 9.95. The molecule has 2 aromatic rings. The van der Waals surface area contributed by atoms with Gasteiger partial charge in [0.1, 0.15) is 0 Å². The van der Waals surface area contributed by atoms with Gasteiger partial charge in [-0.1, -0.05) is 6.07 Å². The molecular weight excluding hydrogens is 194 g/mol. The van der Waals surface area contributed by atoms with Gasteiger partial charge in [-0.15, -0.1) is 0 Å². The summed E-state index contributed by atoms with van der Waals surface area (Å²) < 4.78 is 0. The highest BCUT2D eigenvalue weighted by Crippen LogP contribution is 2.09. The number of rotatable bonds is 4. The number of imidazole rings is 1. The van der Waals surface area contributed by atoms with Crippen LogP contribution in [0.2, 0.25) is 0 Å². The van der Waals surface area contributed by atoms with Gasteiger partial charge in [0.2, 0.25) is 0 Å². The van der Waals surface area contributed by atoms with Crippen LogP contribution in [0.15, 0.2) is 23.0 Å². The third-order valence-corrected chi connectivity index (χ3v) is 2.20. The molecular formula is C10H13N3O2.